The number of carbonyl (C=O) groups excluding carboxylic acids is 1. The Morgan fingerprint density at radius 2 is 2.00 bits per heavy atom. The van der Waals surface area contributed by atoms with E-state index in [2.05, 4.69) is 21.4 Å². The van der Waals surface area contributed by atoms with E-state index >= 15 is 0 Å². The molecule has 0 saturated heterocycles. The van der Waals surface area contributed by atoms with E-state index in [1.807, 2.05) is 56.3 Å². The van der Waals surface area contributed by atoms with Crippen LogP contribution in [0.4, 0.5) is 0 Å². The van der Waals surface area contributed by atoms with Crippen molar-refractivity contribution in [3.8, 4) is 0 Å². The first-order valence-electron chi connectivity index (χ1n) is 7.21. The molecule has 4 nitrogen and oxygen atoms in total. The average Bonchev–Trinajstić information content (AvgIpc) is 3.13. The van der Waals surface area contributed by atoms with Crippen LogP contribution in [0.3, 0.4) is 0 Å². The number of carbonyl (C=O) groups is 1. The second kappa shape index (κ2) is 6.01. The third-order valence-corrected chi connectivity index (χ3v) is 4.16. The minimum absolute atomic E-state index is 0.0439. The van der Waals surface area contributed by atoms with Crippen LogP contribution in [-0.4, -0.2) is 10.9 Å². The van der Waals surface area contributed by atoms with Gasteiger partial charge in [0, 0.05) is 10.9 Å². The first-order valence-corrected chi connectivity index (χ1v) is 8.00. The summed E-state index contributed by atoms with van der Waals surface area (Å²) >= 11 is 3.44. The Kier molecular flexibility index (Phi) is 4.07. The van der Waals surface area contributed by atoms with E-state index in [1.165, 1.54) is 0 Å². The van der Waals surface area contributed by atoms with Crippen molar-refractivity contribution in [2.24, 2.45) is 0 Å². The summed E-state index contributed by atoms with van der Waals surface area (Å²) in [4.78, 5) is 12.2. The molecular weight excluding hydrogens is 344 g/mol. The molecule has 0 fully saturated rings. The maximum Gasteiger partial charge on any atom is 0.241 e. The molecule has 1 N–H and O–H groups in total. The zero-order valence-electron chi connectivity index (χ0n) is 12.5. The van der Waals surface area contributed by atoms with E-state index < -0.39 is 0 Å². The van der Waals surface area contributed by atoms with Crippen molar-refractivity contribution >= 4 is 27.5 Å². The fourth-order valence-electron chi connectivity index (χ4n) is 2.48. The number of furan rings is 1. The van der Waals surface area contributed by atoms with Crippen LogP contribution < -0.4 is 5.43 Å². The standard InChI is InChI=1S/C17H17BrN2O2/c1-3-17(21)20-15(12-5-7-13(18)8-6-12)10-14(19-20)16-9-4-11(2)22-16/h4-10,15,19H,3H2,1-2H3/t15-/m0/s1. The van der Waals surface area contributed by atoms with Crippen LogP contribution in [-0.2, 0) is 4.79 Å². The highest BCUT2D eigenvalue weighted by molar-refractivity contribution is 9.10. The van der Waals surface area contributed by atoms with Crippen molar-refractivity contribution in [3.63, 3.8) is 0 Å². The highest BCUT2D eigenvalue weighted by Crippen LogP contribution is 2.32. The van der Waals surface area contributed by atoms with E-state index in [-0.39, 0.29) is 11.9 Å². The van der Waals surface area contributed by atoms with E-state index in [1.54, 1.807) is 5.01 Å². The highest BCUT2D eigenvalue weighted by atomic mass is 79.9. The summed E-state index contributed by atoms with van der Waals surface area (Å²) in [5.74, 6) is 1.63. The minimum Gasteiger partial charge on any atom is -0.460 e. The second-order valence-electron chi connectivity index (χ2n) is 5.22. The topological polar surface area (TPSA) is 45.5 Å². The molecule has 1 aliphatic rings. The number of nitrogens with one attached hydrogen (secondary N) is 1. The van der Waals surface area contributed by atoms with Gasteiger partial charge in [-0.25, -0.2) is 5.01 Å². The number of amides is 1. The maximum atomic E-state index is 12.2. The first-order chi connectivity index (χ1) is 10.6. The van der Waals surface area contributed by atoms with Crippen LogP contribution in [0.25, 0.3) is 5.70 Å². The van der Waals surface area contributed by atoms with Crippen molar-refractivity contribution in [1.82, 2.24) is 10.4 Å². The van der Waals surface area contributed by atoms with Gasteiger partial charge in [-0.2, -0.15) is 0 Å². The predicted octanol–water partition coefficient (Wildman–Crippen LogP) is 4.19. The fourth-order valence-corrected chi connectivity index (χ4v) is 2.74. The second-order valence-corrected chi connectivity index (χ2v) is 6.13. The van der Waals surface area contributed by atoms with E-state index in [9.17, 15) is 4.79 Å². The van der Waals surface area contributed by atoms with Gasteiger partial charge in [0.2, 0.25) is 5.91 Å². The molecule has 114 valence electrons. The van der Waals surface area contributed by atoms with Crippen molar-refractivity contribution in [2.75, 3.05) is 0 Å². The lowest BCUT2D eigenvalue weighted by Crippen LogP contribution is -2.39. The summed E-state index contributed by atoms with van der Waals surface area (Å²) in [6.45, 7) is 3.76. The third-order valence-electron chi connectivity index (χ3n) is 3.63. The van der Waals surface area contributed by atoms with Crippen LogP contribution in [0.1, 0.15) is 36.5 Å². The zero-order chi connectivity index (χ0) is 15.7. The van der Waals surface area contributed by atoms with Gasteiger partial charge in [-0.3, -0.25) is 10.2 Å². The SMILES string of the molecule is CCC(=O)N1NC(c2ccc(C)o2)=C[C@H]1c1ccc(Br)cc1. The Labute approximate surface area is 137 Å². The lowest BCUT2D eigenvalue weighted by atomic mass is 10.1. The number of hydrazine groups is 1. The number of aryl methyl sites for hydroxylation is 1. The molecule has 0 saturated carbocycles. The quantitative estimate of drug-likeness (QED) is 0.892. The monoisotopic (exact) mass is 360 g/mol. The first kappa shape index (κ1) is 14.9. The number of hydrogen-bond donors (Lipinski definition) is 1. The minimum atomic E-state index is -0.138. The number of halogens is 1. The summed E-state index contributed by atoms with van der Waals surface area (Å²) in [5, 5.41) is 1.66. The normalized spacial score (nSPS) is 17.3. The van der Waals surface area contributed by atoms with E-state index in [0.29, 0.717) is 6.42 Å². The lowest BCUT2D eigenvalue weighted by Gasteiger charge is -2.24. The van der Waals surface area contributed by atoms with E-state index in [0.717, 1.165) is 27.3 Å². The molecule has 0 bridgehead atoms. The van der Waals surface area contributed by atoms with Gasteiger partial charge in [-0.05, 0) is 42.8 Å². The van der Waals surface area contributed by atoms with Gasteiger partial charge in [-0.1, -0.05) is 35.0 Å². The van der Waals surface area contributed by atoms with Crippen LogP contribution in [0.15, 0.2) is 51.4 Å². The summed E-state index contributed by atoms with van der Waals surface area (Å²) in [6, 6.07) is 11.7. The molecule has 0 unspecified atom stereocenters. The molecule has 1 aromatic heterocycles. The smallest absolute Gasteiger partial charge is 0.241 e. The Morgan fingerprint density at radius 3 is 2.59 bits per heavy atom. The molecule has 2 heterocycles. The number of rotatable bonds is 3. The van der Waals surface area contributed by atoms with Crippen LogP contribution in [0.2, 0.25) is 0 Å². The molecule has 1 atom stereocenters. The third kappa shape index (κ3) is 2.81. The number of hydrogen-bond acceptors (Lipinski definition) is 3. The summed E-state index contributed by atoms with van der Waals surface area (Å²) in [5.41, 5.74) is 5.05. The molecule has 3 rings (SSSR count). The largest absolute Gasteiger partial charge is 0.460 e. The average molecular weight is 361 g/mol. The summed E-state index contributed by atoms with van der Waals surface area (Å²) < 4.78 is 6.67. The Bertz CT molecular complexity index is 719. The molecule has 1 aliphatic heterocycles. The van der Waals surface area contributed by atoms with Crippen LogP contribution in [0, 0.1) is 6.92 Å². The molecule has 5 heteroatoms. The van der Waals surface area contributed by atoms with E-state index in [4.69, 9.17) is 4.42 Å². The van der Waals surface area contributed by atoms with Crippen molar-refractivity contribution < 1.29 is 9.21 Å². The maximum absolute atomic E-state index is 12.2. The van der Waals surface area contributed by atoms with Crippen molar-refractivity contribution in [1.29, 1.82) is 0 Å². The van der Waals surface area contributed by atoms with Gasteiger partial charge in [0.25, 0.3) is 0 Å². The zero-order valence-corrected chi connectivity index (χ0v) is 14.1. The Morgan fingerprint density at radius 1 is 1.27 bits per heavy atom. The lowest BCUT2D eigenvalue weighted by molar-refractivity contribution is -0.134. The molecule has 2 aromatic rings. The molecule has 1 amide bonds. The van der Waals surface area contributed by atoms with Gasteiger partial charge in [0.15, 0.2) is 5.76 Å². The number of nitrogens with zero attached hydrogens (tertiary/aromatic N) is 1. The molecule has 0 radical (unpaired) electrons. The summed E-state index contributed by atoms with van der Waals surface area (Å²) in [6.07, 6.45) is 2.47. The highest BCUT2D eigenvalue weighted by Gasteiger charge is 2.30. The fraction of sp³-hybridized carbons (Fsp3) is 0.235. The van der Waals surface area contributed by atoms with Crippen molar-refractivity contribution in [2.45, 2.75) is 26.3 Å². The van der Waals surface area contributed by atoms with Crippen LogP contribution in [0.5, 0.6) is 0 Å². The van der Waals surface area contributed by atoms with Gasteiger partial charge < -0.3 is 4.42 Å². The Hall–Kier alpha value is -2.01. The summed E-state index contributed by atoms with van der Waals surface area (Å²) in [7, 11) is 0. The molecule has 22 heavy (non-hydrogen) atoms. The molecular formula is C17H17BrN2O2. The van der Waals surface area contributed by atoms with Gasteiger partial charge >= 0.3 is 0 Å². The van der Waals surface area contributed by atoms with Gasteiger partial charge in [0.1, 0.15) is 5.76 Å². The van der Waals surface area contributed by atoms with Gasteiger partial charge in [0.05, 0.1) is 11.7 Å². The Balaban J connectivity index is 1.96. The molecule has 1 aromatic carbocycles. The predicted molar refractivity (Wildman–Crippen MR) is 88.6 cm³/mol. The van der Waals surface area contributed by atoms with Crippen molar-refractivity contribution in [3.05, 3.63) is 64.0 Å². The number of benzene rings is 1. The molecule has 0 spiro atoms. The molecule has 0 aliphatic carbocycles. The van der Waals surface area contributed by atoms with Gasteiger partial charge in [-0.15, -0.1) is 0 Å². The van der Waals surface area contributed by atoms with Crippen LogP contribution >= 0.6 is 15.9 Å².